The van der Waals surface area contributed by atoms with E-state index in [0.29, 0.717) is 19.1 Å². The normalized spacial score (nSPS) is 19.7. The van der Waals surface area contributed by atoms with Crippen LogP contribution < -0.4 is 4.90 Å². The summed E-state index contributed by atoms with van der Waals surface area (Å²) in [7, 11) is 0. The van der Waals surface area contributed by atoms with Gasteiger partial charge in [-0.1, -0.05) is 0 Å². The molecular weight excluding hydrogens is 237 g/mol. The van der Waals surface area contributed by atoms with Crippen molar-refractivity contribution in [3.63, 3.8) is 0 Å². The number of esters is 1. The van der Waals surface area contributed by atoms with Crippen molar-refractivity contribution in [3.8, 4) is 0 Å². The Bertz CT molecular complexity index is 410. The summed E-state index contributed by atoms with van der Waals surface area (Å²) in [6.45, 7) is 3.50. The summed E-state index contributed by atoms with van der Waals surface area (Å²) in [4.78, 5) is 21.4. The fourth-order valence-electron chi connectivity index (χ4n) is 2.08. The van der Waals surface area contributed by atoms with Crippen molar-refractivity contribution in [2.24, 2.45) is 5.92 Å². The first-order chi connectivity index (χ1) is 8.70. The minimum atomic E-state index is -0.460. The van der Waals surface area contributed by atoms with Gasteiger partial charge >= 0.3 is 5.97 Å². The van der Waals surface area contributed by atoms with Gasteiger partial charge in [-0.2, -0.15) is 0 Å². The Kier molecular flexibility index (Phi) is 4.07. The van der Waals surface area contributed by atoms with E-state index in [2.05, 4.69) is 9.97 Å². The summed E-state index contributed by atoms with van der Waals surface area (Å²) < 4.78 is 17.8. The van der Waals surface area contributed by atoms with Gasteiger partial charge in [-0.05, 0) is 19.8 Å². The Morgan fingerprint density at radius 2 is 2.28 bits per heavy atom. The van der Waals surface area contributed by atoms with E-state index in [1.807, 2.05) is 4.90 Å². The molecule has 5 nitrogen and oxygen atoms in total. The third-order valence-electron chi connectivity index (χ3n) is 2.93. The van der Waals surface area contributed by atoms with Crippen LogP contribution in [0.15, 0.2) is 12.4 Å². The van der Waals surface area contributed by atoms with Crippen LogP contribution >= 0.6 is 0 Å². The average Bonchev–Trinajstić information content (AvgIpc) is 2.40. The number of rotatable bonds is 3. The molecule has 0 saturated carbocycles. The van der Waals surface area contributed by atoms with Crippen molar-refractivity contribution in [2.45, 2.75) is 19.8 Å². The zero-order valence-electron chi connectivity index (χ0n) is 10.3. The Morgan fingerprint density at radius 3 is 2.94 bits per heavy atom. The van der Waals surface area contributed by atoms with E-state index >= 15 is 0 Å². The predicted molar refractivity (Wildman–Crippen MR) is 63.6 cm³/mol. The lowest BCUT2D eigenvalue weighted by Gasteiger charge is -2.31. The monoisotopic (exact) mass is 253 g/mol. The van der Waals surface area contributed by atoms with Crippen LogP contribution in [0.1, 0.15) is 19.8 Å². The molecule has 98 valence electrons. The summed E-state index contributed by atoms with van der Waals surface area (Å²) >= 11 is 0. The fourth-order valence-corrected chi connectivity index (χ4v) is 2.08. The number of hydrogen-bond donors (Lipinski definition) is 0. The van der Waals surface area contributed by atoms with Crippen LogP contribution in [0.4, 0.5) is 10.3 Å². The molecule has 2 heterocycles. The molecule has 1 aliphatic rings. The molecule has 1 atom stereocenters. The maximum Gasteiger partial charge on any atom is 0.310 e. The Labute approximate surface area is 105 Å². The van der Waals surface area contributed by atoms with Crippen LogP contribution in [0, 0.1) is 11.7 Å². The van der Waals surface area contributed by atoms with Crippen molar-refractivity contribution in [3.05, 3.63) is 18.2 Å². The Hall–Kier alpha value is -1.72. The smallest absolute Gasteiger partial charge is 0.310 e. The molecule has 1 aliphatic heterocycles. The number of nitrogens with zero attached hydrogens (tertiary/aromatic N) is 3. The first-order valence-electron chi connectivity index (χ1n) is 6.10. The van der Waals surface area contributed by atoms with E-state index < -0.39 is 5.82 Å². The summed E-state index contributed by atoms with van der Waals surface area (Å²) in [5.74, 6) is -0.320. The summed E-state index contributed by atoms with van der Waals surface area (Å²) in [5.41, 5.74) is 0. The van der Waals surface area contributed by atoms with Gasteiger partial charge in [-0.15, -0.1) is 0 Å². The van der Waals surface area contributed by atoms with Gasteiger partial charge in [0.2, 0.25) is 5.95 Å². The van der Waals surface area contributed by atoms with E-state index in [-0.39, 0.29) is 11.9 Å². The van der Waals surface area contributed by atoms with Gasteiger partial charge in [0, 0.05) is 13.1 Å². The van der Waals surface area contributed by atoms with E-state index in [0.717, 1.165) is 31.8 Å². The molecule has 2 rings (SSSR count). The zero-order chi connectivity index (χ0) is 13.0. The van der Waals surface area contributed by atoms with E-state index in [4.69, 9.17) is 4.74 Å². The van der Waals surface area contributed by atoms with E-state index in [1.54, 1.807) is 6.92 Å². The number of hydrogen-bond acceptors (Lipinski definition) is 5. The summed E-state index contributed by atoms with van der Waals surface area (Å²) in [5, 5.41) is 0. The third-order valence-corrected chi connectivity index (χ3v) is 2.93. The minimum Gasteiger partial charge on any atom is -0.466 e. The molecule has 0 N–H and O–H groups in total. The molecule has 1 saturated heterocycles. The van der Waals surface area contributed by atoms with Gasteiger partial charge in [0.15, 0.2) is 5.82 Å². The molecule has 0 aliphatic carbocycles. The second-order valence-electron chi connectivity index (χ2n) is 4.24. The largest absolute Gasteiger partial charge is 0.466 e. The van der Waals surface area contributed by atoms with Gasteiger partial charge in [0.25, 0.3) is 0 Å². The van der Waals surface area contributed by atoms with Gasteiger partial charge in [-0.3, -0.25) is 4.79 Å². The van der Waals surface area contributed by atoms with Crippen LogP contribution in [-0.4, -0.2) is 35.6 Å². The second kappa shape index (κ2) is 5.75. The zero-order valence-corrected chi connectivity index (χ0v) is 10.3. The number of ether oxygens (including phenoxy) is 1. The van der Waals surface area contributed by atoms with E-state index in [9.17, 15) is 9.18 Å². The molecule has 1 aromatic heterocycles. The first kappa shape index (κ1) is 12.7. The van der Waals surface area contributed by atoms with E-state index in [1.165, 1.54) is 0 Å². The molecule has 0 amide bonds. The number of anilines is 1. The number of carbonyl (C=O) groups is 1. The van der Waals surface area contributed by atoms with Crippen LogP contribution in [0.5, 0.6) is 0 Å². The SMILES string of the molecule is CCOC(=O)[C@H]1CCCN(c2ncc(F)cn2)C1. The van der Waals surface area contributed by atoms with Crippen LogP contribution in [0.2, 0.25) is 0 Å². The minimum absolute atomic E-state index is 0.146. The lowest BCUT2D eigenvalue weighted by molar-refractivity contribution is -0.148. The highest BCUT2D eigenvalue weighted by Gasteiger charge is 2.27. The molecule has 18 heavy (non-hydrogen) atoms. The lowest BCUT2D eigenvalue weighted by atomic mass is 9.98. The quantitative estimate of drug-likeness (QED) is 0.762. The predicted octanol–water partition coefficient (Wildman–Crippen LogP) is 1.40. The van der Waals surface area contributed by atoms with Gasteiger partial charge in [0.05, 0.1) is 24.9 Å². The highest BCUT2D eigenvalue weighted by molar-refractivity contribution is 5.73. The van der Waals surface area contributed by atoms with Crippen molar-refractivity contribution in [1.82, 2.24) is 9.97 Å². The van der Waals surface area contributed by atoms with Crippen LogP contribution in [0.25, 0.3) is 0 Å². The fraction of sp³-hybridized carbons (Fsp3) is 0.583. The summed E-state index contributed by atoms with van der Waals surface area (Å²) in [6.07, 6.45) is 3.97. The van der Waals surface area contributed by atoms with Crippen molar-refractivity contribution in [2.75, 3.05) is 24.6 Å². The number of halogens is 1. The topological polar surface area (TPSA) is 55.3 Å². The maximum absolute atomic E-state index is 12.7. The molecule has 1 aromatic rings. The van der Waals surface area contributed by atoms with Gasteiger partial charge in [-0.25, -0.2) is 14.4 Å². The van der Waals surface area contributed by atoms with Crippen molar-refractivity contribution >= 4 is 11.9 Å². The molecule has 0 spiro atoms. The lowest BCUT2D eigenvalue weighted by Crippen LogP contribution is -2.40. The molecule has 0 radical (unpaired) electrons. The average molecular weight is 253 g/mol. The molecule has 0 aromatic carbocycles. The summed E-state index contributed by atoms with van der Waals surface area (Å²) in [6, 6.07) is 0. The number of piperidine rings is 1. The van der Waals surface area contributed by atoms with Crippen molar-refractivity contribution in [1.29, 1.82) is 0 Å². The van der Waals surface area contributed by atoms with Crippen LogP contribution in [0.3, 0.4) is 0 Å². The molecule has 0 bridgehead atoms. The Balaban J connectivity index is 2.02. The number of carbonyl (C=O) groups excluding carboxylic acids is 1. The molecule has 6 heteroatoms. The number of aromatic nitrogens is 2. The highest BCUT2D eigenvalue weighted by atomic mass is 19.1. The molecular formula is C12H16FN3O2. The van der Waals surface area contributed by atoms with Gasteiger partial charge in [0.1, 0.15) is 0 Å². The van der Waals surface area contributed by atoms with Gasteiger partial charge < -0.3 is 9.64 Å². The third kappa shape index (κ3) is 2.94. The first-order valence-corrected chi connectivity index (χ1v) is 6.10. The standard InChI is InChI=1S/C12H16FN3O2/c1-2-18-11(17)9-4-3-5-16(8-9)12-14-6-10(13)7-15-12/h6-7,9H,2-5,8H2,1H3/t9-/m0/s1. The maximum atomic E-state index is 12.7. The van der Waals surface area contributed by atoms with Crippen molar-refractivity contribution < 1.29 is 13.9 Å². The highest BCUT2D eigenvalue weighted by Crippen LogP contribution is 2.21. The molecule has 0 unspecified atom stereocenters. The second-order valence-corrected chi connectivity index (χ2v) is 4.24. The van der Waals surface area contributed by atoms with Crippen LogP contribution in [-0.2, 0) is 9.53 Å². The Morgan fingerprint density at radius 1 is 1.56 bits per heavy atom. The molecule has 1 fully saturated rings.